The van der Waals surface area contributed by atoms with Crippen LogP contribution in [0.5, 0.6) is 0 Å². The first-order chi connectivity index (χ1) is 17.2. The number of piperidine rings is 1. The van der Waals surface area contributed by atoms with E-state index in [1.807, 2.05) is 26.0 Å². The predicted octanol–water partition coefficient (Wildman–Crippen LogP) is 5.28. The Bertz CT molecular complexity index is 1510. The van der Waals surface area contributed by atoms with Crippen LogP contribution in [-0.4, -0.2) is 36.7 Å². The maximum atomic E-state index is 14.2. The van der Waals surface area contributed by atoms with Crippen molar-refractivity contribution in [1.29, 1.82) is 0 Å². The fraction of sp³-hybridized carbons (Fsp3) is 0.308. The number of carbonyl (C=O) groups is 1. The number of amides is 1. The number of aromatic nitrogens is 1. The Morgan fingerprint density at radius 3 is 2.61 bits per heavy atom. The number of rotatable bonds is 6. The molecule has 3 heterocycles. The molecule has 188 valence electrons. The summed E-state index contributed by atoms with van der Waals surface area (Å²) in [5.41, 5.74) is 3.05. The zero-order valence-electron chi connectivity index (χ0n) is 20.0. The van der Waals surface area contributed by atoms with Gasteiger partial charge in [-0.3, -0.25) is 9.69 Å². The molecule has 0 atom stereocenters. The first-order valence-corrected chi connectivity index (χ1v) is 14.0. The maximum absolute atomic E-state index is 14.2. The van der Waals surface area contributed by atoms with E-state index in [0.29, 0.717) is 23.7 Å². The third-order valence-electron chi connectivity index (χ3n) is 6.46. The molecule has 0 bridgehead atoms. The molecule has 1 aliphatic rings. The number of halogens is 1. The largest absolute Gasteiger partial charge is 0.467 e. The van der Waals surface area contributed by atoms with Gasteiger partial charge in [-0.1, -0.05) is 29.5 Å². The summed E-state index contributed by atoms with van der Waals surface area (Å²) in [4.78, 5) is 19.8. The highest BCUT2D eigenvalue weighted by atomic mass is 32.2. The van der Waals surface area contributed by atoms with Crippen molar-refractivity contribution >= 4 is 42.6 Å². The summed E-state index contributed by atoms with van der Waals surface area (Å²) in [7, 11) is -3.97. The van der Waals surface area contributed by atoms with E-state index in [-0.39, 0.29) is 36.4 Å². The number of aryl methyl sites for hydroxylation is 2. The molecule has 2 aromatic carbocycles. The molecule has 0 aliphatic carbocycles. The number of nitrogens with zero attached hydrogens (tertiary/aromatic N) is 3. The van der Waals surface area contributed by atoms with Crippen molar-refractivity contribution in [3.63, 3.8) is 0 Å². The normalized spacial score (nSPS) is 15.4. The van der Waals surface area contributed by atoms with Crippen LogP contribution < -0.4 is 4.90 Å². The van der Waals surface area contributed by atoms with Crippen LogP contribution in [0.25, 0.3) is 10.2 Å². The van der Waals surface area contributed by atoms with E-state index < -0.39 is 15.8 Å². The van der Waals surface area contributed by atoms with E-state index in [4.69, 9.17) is 9.40 Å². The summed E-state index contributed by atoms with van der Waals surface area (Å²) < 4.78 is 47.9. The highest BCUT2D eigenvalue weighted by molar-refractivity contribution is 7.89. The predicted molar refractivity (Wildman–Crippen MR) is 137 cm³/mol. The smallest absolute Gasteiger partial charge is 0.245 e. The van der Waals surface area contributed by atoms with Gasteiger partial charge in [-0.2, -0.15) is 4.31 Å². The lowest BCUT2D eigenvalue weighted by atomic mass is 9.96. The van der Waals surface area contributed by atoms with Crippen molar-refractivity contribution in [3.8, 4) is 0 Å². The van der Waals surface area contributed by atoms with Crippen molar-refractivity contribution in [1.82, 2.24) is 9.29 Å². The number of fused-ring (bicyclic) bond motifs is 1. The molecule has 4 aromatic rings. The highest BCUT2D eigenvalue weighted by Crippen LogP contribution is 2.35. The van der Waals surface area contributed by atoms with Gasteiger partial charge in [0.05, 0.1) is 23.0 Å². The van der Waals surface area contributed by atoms with Gasteiger partial charge in [0.1, 0.15) is 16.5 Å². The van der Waals surface area contributed by atoms with Gasteiger partial charge in [-0.25, -0.2) is 17.8 Å². The summed E-state index contributed by atoms with van der Waals surface area (Å²) in [6.07, 6.45) is 2.24. The minimum absolute atomic E-state index is 0.122. The highest BCUT2D eigenvalue weighted by Gasteiger charge is 2.36. The maximum Gasteiger partial charge on any atom is 0.245 e. The van der Waals surface area contributed by atoms with E-state index >= 15 is 0 Å². The lowest BCUT2D eigenvalue weighted by Gasteiger charge is -2.32. The third kappa shape index (κ3) is 4.68. The lowest BCUT2D eigenvalue weighted by molar-refractivity contribution is -0.123. The number of hydrogen-bond donors (Lipinski definition) is 0. The van der Waals surface area contributed by atoms with Crippen LogP contribution in [0.15, 0.2) is 64.1 Å². The topological polar surface area (TPSA) is 83.7 Å². The van der Waals surface area contributed by atoms with Gasteiger partial charge in [-0.05, 0) is 68.1 Å². The molecule has 0 N–H and O–H groups in total. The van der Waals surface area contributed by atoms with Crippen LogP contribution in [-0.2, 0) is 21.4 Å². The molecule has 1 amide bonds. The molecule has 10 heteroatoms. The second kappa shape index (κ2) is 9.76. The fourth-order valence-corrected chi connectivity index (χ4v) is 7.19. The molecule has 0 radical (unpaired) electrons. The van der Waals surface area contributed by atoms with Gasteiger partial charge in [0.25, 0.3) is 0 Å². The van der Waals surface area contributed by atoms with Crippen LogP contribution in [0.1, 0.15) is 29.7 Å². The first kappa shape index (κ1) is 24.6. The molecular formula is C26H26FN3O4S2. The van der Waals surface area contributed by atoms with Gasteiger partial charge >= 0.3 is 0 Å². The Kier molecular flexibility index (Phi) is 6.67. The van der Waals surface area contributed by atoms with Crippen LogP contribution in [0.4, 0.5) is 9.52 Å². The SMILES string of the molecule is Cc1cc(C)c2sc(N(Cc3ccco3)C(=O)C3CCN(S(=O)(=O)c4ccccc4F)CC3)nc2c1. The third-order valence-corrected chi connectivity index (χ3v) is 9.62. The summed E-state index contributed by atoms with van der Waals surface area (Å²) in [6, 6.07) is 13.0. The van der Waals surface area contributed by atoms with Gasteiger partial charge < -0.3 is 4.42 Å². The Labute approximate surface area is 213 Å². The second-order valence-corrected chi connectivity index (χ2v) is 11.9. The van der Waals surface area contributed by atoms with Crippen molar-refractivity contribution in [2.75, 3.05) is 18.0 Å². The van der Waals surface area contributed by atoms with E-state index in [0.717, 1.165) is 27.4 Å². The Balaban J connectivity index is 1.39. The van der Waals surface area contributed by atoms with E-state index in [1.54, 1.807) is 17.2 Å². The molecular weight excluding hydrogens is 501 g/mol. The molecule has 0 unspecified atom stereocenters. The Morgan fingerprint density at radius 1 is 1.17 bits per heavy atom. The molecule has 36 heavy (non-hydrogen) atoms. The quantitative estimate of drug-likeness (QED) is 0.341. The van der Waals surface area contributed by atoms with Gasteiger partial charge in [0.15, 0.2) is 5.13 Å². The number of thiazole rings is 1. The van der Waals surface area contributed by atoms with E-state index in [9.17, 15) is 17.6 Å². The van der Waals surface area contributed by atoms with Gasteiger partial charge in [0, 0.05) is 19.0 Å². The van der Waals surface area contributed by atoms with Crippen molar-refractivity contribution in [3.05, 3.63) is 77.5 Å². The molecule has 0 saturated carbocycles. The van der Waals surface area contributed by atoms with Gasteiger partial charge in [-0.15, -0.1) is 0 Å². The number of benzene rings is 2. The summed E-state index contributed by atoms with van der Waals surface area (Å²) >= 11 is 1.46. The Hall–Kier alpha value is -3.08. The number of hydrogen-bond acceptors (Lipinski definition) is 6. The minimum atomic E-state index is -3.97. The molecule has 2 aromatic heterocycles. The monoisotopic (exact) mass is 527 g/mol. The van der Waals surface area contributed by atoms with Crippen LogP contribution >= 0.6 is 11.3 Å². The van der Waals surface area contributed by atoms with Crippen LogP contribution in [0.3, 0.4) is 0 Å². The summed E-state index contributed by atoms with van der Waals surface area (Å²) in [5.74, 6) is -0.651. The van der Waals surface area contributed by atoms with E-state index in [2.05, 4.69) is 6.07 Å². The number of anilines is 1. The van der Waals surface area contributed by atoms with Crippen molar-refractivity contribution in [2.24, 2.45) is 5.92 Å². The number of furan rings is 1. The zero-order chi connectivity index (χ0) is 25.4. The van der Waals surface area contributed by atoms with Crippen molar-refractivity contribution in [2.45, 2.75) is 38.1 Å². The lowest BCUT2D eigenvalue weighted by Crippen LogP contribution is -2.44. The second-order valence-electron chi connectivity index (χ2n) is 9.04. The van der Waals surface area contributed by atoms with Crippen molar-refractivity contribution < 1.29 is 22.0 Å². The summed E-state index contributed by atoms with van der Waals surface area (Å²) in [6.45, 7) is 4.55. The fourth-order valence-electron chi connectivity index (χ4n) is 4.64. The number of sulfonamides is 1. The first-order valence-electron chi connectivity index (χ1n) is 11.7. The number of carbonyl (C=O) groups excluding carboxylic acids is 1. The minimum Gasteiger partial charge on any atom is -0.467 e. The van der Waals surface area contributed by atoms with Crippen LogP contribution in [0.2, 0.25) is 0 Å². The average molecular weight is 528 g/mol. The van der Waals surface area contributed by atoms with Crippen LogP contribution in [0, 0.1) is 25.6 Å². The van der Waals surface area contributed by atoms with E-state index in [1.165, 1.54) is 33.8 Å². The molecule has 0 spiro atoms. The molecule has 1 fully saturated rings. The Morgan fingerprint density at radius 2 is 1.92 bits per heavy atom. The standard InChI is InChI=1S/C26H26FN3O4S2/c1-17-14-18(2)24-22(15-17)28-26(35-24)30(16-20-6-5-13-34-20)25(31)19-9-11-29(12-10-19)36(32,33)23-8-4-3-7-21(23)27/h3-8,13-15,19H,9-12,16H2,1-2H3. The molecule has 5 rings (SSSR count). The van der Waals surface area contributed by atoms with Gasteiger partial charge in [0.2, 0.25) is 15.9 Å². The summed E-state index contributed by atoms with van der Waals surface area (Å²) in [5, 5.41) is 0.585. The molecule has 7 nitrogen and oxygen atoms in total. The zero-order valence-corrected chi connectivity index (χ0v) is 21.6. The molecule has 1 aliphatic heterocycles. The average Bonchev–Trinajstić information content (AvgIpc) is 3.52. The molecule has 1 saturated heterocycles.